The van der Waals surface area contributed by atoms with Crippen molar-refractivity contribution in [2.24, 2.45) is 5.92 Å². The lowest BCUT2D eigenvalue weighted by atomic mass is 10.1. The van der Waals surface area contributed by atoms with Crippen LogP contribution in [0.4, 0.5) is 0 Å². The van der Waals surface area contributed by atoms with Crippen LogP contribution in [0.5, 0.6) is 0 Å². The van der Waals surface area contributed by atoms with E-state index in [-0.39, 0.29) is 29.0 Å². The van der Waals surface area contributed by atoms with Crippen molar-refractivity contribution >= 4 is 23.6 Å². The van der Waals surface area contributed by atoms with Gasteiger partial charge in [0.2, 0.25) is 11.8 Å². The van der Waals surface area contributed by atoms with E-state index in [1.807, 2.05) is 58.0 Å². The molecule has 0 aliphatic heterocycles. The molecule has 0 aliphatic carbocycles. The first-order chi connectivity index (χ1) is 10.4. The maximum atomic E-state index is 12.3. The van der Waals surface area contributed by atoms with Crippen LogP contribution in [0, 0.1) is 5.92 Å². The van der Waals surface area contributed by atoms with Gasteiger partial charge in [0.05, 0.1) is 5.25 Å². The molecule has 0 saturated heterocycles. The SMILES string of the molecule is CC(C)NC(=O)CCNC(=O)[C@H](Sc1ccccc1)C(C)C. The van der Waals surface area contributed by atoms with E-state index in [0.717, 1.165) is 4.90 Å². The Morgan fingerprint density at radius 3 is 2.27 bits per heavy atom. The summed E-state index contributed by atoms with van der Waals surface area (Å²) < 4.78 is 0. The van der Waals surface area contributed by atoms with E-state index in [2.05, 4.69) is 10.6 Å². The van der Waals surface area contributed by atoms with Crippen LogP contribution in [0.2, 0.25) is 0 Å². The second kappa shape index (κ2) is 9.51. The van der Waals surface area contributed by atoms with Crippen LogP contribution in [0.1, 0.15) is 34.1 Å². The van der Waals surface area contributed by atoms with Crippen LogP contribution in [0.25, 0.3) is 0 Å². The standard InChI is InChI=1S/C17H26N2O2S/c1-12(2)16(22-14-8-6-5-7-9-14)17(21)18-11-10-15(20)19-13(3)4/h5-9,12-13,16H,10-11H2,1-4H3,(H,18,21)(H,19,20)/t16-/m1/s1. The number of nitrogens with one attached hydrogen (secondary N) is 2. The molecule has 0 heterocycles. The molecule has 1 atom stereocenters. The highest BCUT2D eigenvalue weighted by molar-refractivity contribution is 8.00. The maximum Gasteiger partial charge on any atom is 0.233 e. The summed E-state index contributed by atoms with van der Waals surface area (Å²) in [7, 11) is 0. The fourth-order valence-corrected chi connectivity index (χ4v) is 3.00. The third-order valence-electron chi connectivity index (χ3n) is 2.97. The summed E-state index contributed by atoms with van der Waals surface area (Å²) in [6, 6.07) is 10.0. The lowest BCUT2D eigenvalue weighted by Gasteiger charge is -2.20. The molecule has 22 heavy (non-hydrogen) atoms. The van der Waals surface area contributed by atoms with E-state index < -0.39 is 0 Å². The Morgan fingerprint density at radius 1 is 1.09 bits per heavy atom. The van der Waals surface area contributed by atoms with E-state index in [0.29, 0.717) is 13.0 Å². The van der Waals surface area contributed by atoms with Crippen LogP contribution in [0.15, 0.2) is 35.2 Å². The smallest absolute Gasteiger partial charge is 0.233 e. The highest BCUT2D eigenvalue weighted by atomic mass is 32.2. The van der Waals surface area contributed by atoms with E-state index in [1.54, 1.807) is 11.8 Å². The van der Waals surface area contributed by atoms with Gasteiger partial charge in [0.25, 0.3) is 0 Å². The second-order valence-corrected chi connectivity index (χ2v) is 7.07. The average molecular weight is 322 g/mol. The quantitative estimate of drug-likeness (QED) is 0.724. The first-order valence-corrected chi connectivity index (χ1v) is 8.57. The van der Waals surface area contributed by atoms with Gasteiger partial charge in [0.1, 0.15) is 0 Å². The average Bonchev–Trinajstić information content (AvgIpc) is 2.44. The second-order valence-electron chi connectivity index (χ2n) is 5.86. The molecule has 0 saturated carbocycles. The van der Waals surface area contributed by atoms with Crippen LogP contribution in [0.3, 0.4) is 0 Å². The molecule has 0 fully saturated rings. The van der Waals surface area contributed by atoms with Gasteiger partial charge in [-0.3, -0.25) is 9.59 Å². The van der Waals surface area contributed by atoms with E-state index in [4.69, 9.17) is 0 Å². The third-order valence-corrected chi connectivity index (χ3v) is 4.53. The lowest BCUT2D eigenvalue weighted by Crippen LogP contribution is -2.38. The van der Waals surface area contributed by atoms with Crippen LogP contribution >= 0.6 is 11.8 Å². The number of amides is 2. The molecular weight excluding hydrogens is 296 g/mol. The molecule has 1 aromatic carbocycles. The summed E-state index contributed by atoms with van der Waals surface area (Å²) in [6.45, 7) is 8.27. The zero-order valence-electron chi connectivity index (χ0n) is 13.8. The topological polar surface area (TPSA) is 58.2 Å². The molecule has 4 nitrogen and oxygen atoms in total. The summed E-state index contributed by atoms with van der Waals surface area (Å²) in [5, 5.41) is 5.52. The van der Waals surface area contributed by atoms with Crippen molar-refractivity contribution in [3.63, 3.8) is 0 Å². The van der Waals surface area contributed by atoms with Crippen molar-refractivity contribution in [1.82, 2.24) is 10.6 Å². The number of hydrogen-bond acceptors (Lipinski definition) is 3. The molecule has 5 heteroatoms. The predicted molar refractivity (Wildman–Crippen MR) is 91.8 cm³/mol. The van der Waals surface area contributed by atoms with Crippen molar-refractivity contribution in [2.75, 3.05) is 6.54 Å². The fourth-order valence-electron chi connectivity index (χ4n) is 1.93. The normalized spacial score (nSPS) is 12.3. The molecule has 0 aromatic heterocycles. The van der Waals surface area contributed by atoms with Crippen molar-refractivity contribution in [3.8, 4) is 0 Å². The van der Waals surface area contributed by atoms with E-state index in [1.165, 1.54) is 0 Å². The van der Waals surface area contributed by atoms with E-state index >= 15 is 0 Å². The fraction of sp³-hybridized carbons (Fsp3) is 0.529. The van der Waals surface area contributed by atoms with Crippen molar-refractivity contribution < 1.29 is 9.59 Å². The zero-order chi connectivity index (χ0) is 16.5. The molecule has 1 rings (SSSR count). The Labute approximate surface area is 137 Å². The Hall–Kier alpha value is -1.49. The summed E-state index contributed by atoms with van der Waals surface area (Å²) >= 11 is 1.56. The minimum absolute atomic E-state index is 0.0128. The van der Waals surface area contributed by atoms with Gasteiger partial charge in [-0.1, -0.05) is 32.0 Å². The molecular formula is C17H26N2O2S. The third kappa shape index (κ3) is 6.98. The van der Waals surface area contributed by atoms with E-state index in [9.17, 15) is 9.59 Å². The highest BCUT2D eigenvalue weighted by Crippen LogP contribution is 2.27. The lowest BCUT2D eigenvalue weighted by molar-refractivity contribution is -0.122. The van der Waals surface area contributed by atoms with Crippen molar-refractivity contribution in [1.29, 1.82) is 0 Å². The Balaban J connectivity index is 2.47. The van der Waals surface area contributed by atoms with Gasteiger partial charge in [0.15, 0.2) is 0 Å². The van der Waals surface area contributed by atoms with Gasteiger partial charge in [0, 0.05) is 23.9 Å². The molecule has 0 unspecified atom stereocenters. The molecule has 2 N–H and O–H groups in total. The predicted octanol–water partition coefficient (Wildman–Crippen LogP) is 2.83. The molecule has 0 aliphatic rings. The summed E-state index contributed by atoms with van der Waals surface area (Å²) in [5.74, 6) is 0.169. The monoisotopic (exact) mass is 322 g/mol. The molecule has 2 amide bonds. The van der Waals surface area contributed by atoms with Gasteiger partial charge in [-0.05, 0) is 31.9 Å². The first kappa shape index (κ1) is 18.6. The molecule has 0 bridgehead atoms. The maximum absolute atomic E-state index is 12.3. The number of thioether (sulfide) groups is 1. The summed E-state index contributed by atoms with van der Waals surface area (Å²) in [6.07, 6.45) is 0.310. The minimum Gasteiger partial charge on any atom is -0.355 e. The molecule has 122 valence electrons. The van der Waals surface area contributed by atoms with Crippen molar-refractivity contribution in [2.45, 2.75) is 50.3 Å². The number of rotatable bonds is 8. The van der Waals surface area contributed by atoms with Crippen LogP contribution in [-0.4, -0.2) is 29.7 Å². The van der Waals surface area contributed by atoms with Crippen LogP contribution in [-0.2, 0) is 9.59 Å². The number of carbonyl (C=O) groups is 2. The summed E-state index contributed by atoms with van der Waals surface area (Å²) in [4.78, 5) is 25.0. The van der Waals surface area contributed by atoms with Crippen LogP contribution < -0.4 is 10.6 Å². The van der Waals surface area contributed by atoms with Gasteiger partial charge in [-0.25, -0.2) is 0 Å². The van der Waals surface area contributed by atoms with Gasteiger partial charge in [-0.15, -0.1) is 11.8 Å². The van der Waals surface area contributed by atoms with Gasteiger partial charge >= 0.3 is 0 Å². The minimum atomic E-state index is -0.157. The van der Waals surface area contributed by atoms with Gasteiger partial charge in [-0.2, -0.15) is 0 Å². The van der Waals surface area contributed by atoms with Crippen molar-refractivity contribution in [3.05, 3.63) is 30.3 Å². The Morgan fingerprint density at radius 2 is 1.73 bits per heavy atom. The molecule has 1 aromatic rings. The number of carbonyl (C=O) groups excluding carboxylic acids is 2. The zero-order valence-corrected chi connectivity index (χ0v) is 14.6. The number of benzene rings is 1. The molecule has 0 spiro atoms. The Kier molecular flexibility index (Phi) is 8.02. The highest BCUT2D eigenvalue weighted by Gasteiger charge is 2.23. The Bertz CT molecular complexity index is 475. The number of hydrogen-bond donors (Lipinski definition) is 2. The largest absolute Gasteiger partial charge is 0.355 e. The summed E-state index contributed by atoms with van der Waals surface area (Å²) in [5.41, 5.74) is 0. The van der Waals surface area contributed by atoms with Gasteiger partial charge < -0.3 is 10.6 Å². The molecule has 0 radical (unpaired) electrons. The first-order valence-electron chi connectivity index (χ1n) is 7.69.